The molecule has 2 aliphatic heterocycles. The SMILES string of the molecule is CN(C)CCN1CCN(CC[N+]2(n3ccc4ccccc43)CCCC(C(=O)[O-])C2)CC1.Cl.Cl.Cl.Cl. The van der Waals surface area contributed by atoms with Crippen molar-refractivity contribution in [3.63, 3.8) is 0 Å². The average molecular weight is 573 g/mol. The molecule has 4 rings (SSSR count). The lowest BCUT2D eigenvalue weighted by molar-refractivity contribution is -0.313. The van der Waals surface area contributed by atoms with Crippen molar-refractivity contribution in [3.05, 3.63) is 36.5 Å². The first-order valence-corrected chi connectivity index (χ1v) is 11.7. The summed E-state index contributed by atoms with van der Waals surface area (Å²) in [6, 6.07) is 10.6. The van der Waals surface area contributed by atoms with Gasteiger partial charge in [0.15, 0.2) is 0 Å². The van der Waals surface area contributed by atoms with Crippen LogP contribution in [0.25, 0.3) is 10.9 Å². The van der Waals surface area contributed by atoms with E-state index in [0.717, 1.165) is 71.7 Å². The molecule has 0 amide bonds. The van der Waals surface area contributed by atoms with Crippen LogP contribution in [0.1, 0.15) is 12.8 Å². The number of carboxylic acid groups (broad SMARTS) is 1. The number of para-hydroxylation sites is 1. The van der Waals surface area contributed by atoms with Gasteiger partial charge in [-0.3, -0.25) is 9.80 Å². The van der Waals surface area contributed by atoms with Gasteiger partial charge in [0, 0.05) is 44.7 Å². The highest BCUT2D eigenvalue weighted by atomic mass is 35.5. The zero-order valence-corrected chi connectivity index (χ0v) is 24.0. The third-order valence-electron chi connectivity index (χ3n) is 7.22. The number of carbonyl (C=O) groups is 1. The molecule has 2 fully saturated rings. The number of halogens is 4. The first-order chi connectivity index (χ1) is 15.0. The van der Waals surface area contributed by atoms with Gasteiger partial charge in [0.05, 0.1) is 24.6 Å². The van der Waals surface area contributed by atoms with Crippen molar-refractivity contribution in [2.24, 2.45) is 5.92 Å². The van der Waals surface area contributed by atoms with E-state index in [1.54, 1.807) is 0 Å². The summed E-state index contributed by atoms with van der Waals surface area (Å²) in [4.78, 5) is 19.1. The van der Waals surface area contributed by atoms with E-state index in [1.807, 2.05) is 0 Å². The maximum Gasteiger partial charge on any atom is 0.114 e. The number of likely N-dealkylation sites (N-methyl/N-ethyl adjacent to an activating group) is 1. The minimum Gasteiger partial charge on any atom is -0.550 e. The lowest BCUT2D eigenvalue weighted by Gasteiger charge is -2.46. The number of carbonyl (C=O) groups excluding carboxylic acids is 1. The Kier molecular flexibility index (Phi) is 15.1. The number of rotatable bonds is 8. The fourth-order valence-electron chi connectivity index (χ4n) is 5.27. The highest BCUT2D eigenvalue weighted by Crippen LogP contribution is 2.26. The van der Waals surface area contributed by atoms with Gasteiger partial charge in [-0.2, -0.15) is 4.68 Å². The number of benzene rings is 1. The van der Waals surface area contributed by atoms with Gasteiger partial charge in [-0.1, -0.05) is 18.2 Å². The van der Waals surface area contributed by atoms with E-state index in [4.69, 9.17) is 0 Å². The fourth-order valence-corrected chi connectivity index (χ4v) is 5.27. The third-order valence-corrected chi connectivity index (χ3v) is 7.22. The van der Waals surface area contributed by atoms with Gasteiger partial charge in [0.1, 0.15) is 25.2 Å². The summed E-state index contributed by atoms with van der Waals surface area (Å²) < 4.78 is 3.02. The zero-order chi connectivity index (χ0) is 21.8. The van der Waals surface area contributed by atoms with E-state index >= 15 is 0 Å². The van der Waals surface area contributed by atoms with Crippen LogP contribution in [0.5, 0.6) is 0 Å². The van der Waals surface area contributed by atoms with Crippen molar-refractivity contribution in [2.45, 2.75) is 12.8 Å². The summed E-state index contributed by atoms with van der Waals surface area (Å²) >= 11 is 0. The van der Waals surface area contributed by atoms with Crippen molar-refractivity contribution >= 4 is 66.5 Å². The Morgan fingerprint density at radius 3 is 2.26 bits per heavy atom. The molecule has 1 aromatic heterocycles. The van der Waals surface area contributed by atoms with E-state index < -0.39 is 5.97 Å². The molecule has 2 aromatic rings. The molecule has 35 heavy (non-hydrogen) atoms. The standard InChI is InChI=1S/C24H37N5O2.4ClH/c1-25(2)11-12-26-13-15-27(16-14-26)17-19-29(18-5-7-22(20-29)24(30)31)28-10-9-21-6-3-4-8-23(21)28;;;;/h3-4,6,8-10,22H,5,7,11-20H2,1-2H3;4*1H. The molecule has 2 unspecified atom stereocenters. The van der Waals surface area contributed by atoms with Crippen LogP contribution in [0.3, 0.4) is 0 Å². The predicted molar refractivity (Wildman–Crippen MR) is 152 cm³/mol. The van der Waals surface area contributed by atoms with Crippen LogP contribution in [0.15, 0.2) is 36.5 Å². The largest absolute Gasteiger partial charge is 0.550 e. The minimum absolute atomic E-state index is 0. The van der Waals surface area contributed by atoms with Gasteiger partial charge in [-0.15, -0.1) is 49.6 Å². The molecule has 0 spiro atoms. The third kappa shape index (κ3) is 8.37. The number of aliphatic carboxylic acids is 1. The van der Waals surface area contributed by atoms with Crippen molar-refractivity contribution in [1.29, 1.82) is 0 Å². The van der Waals surface area contributed by atoms with Crippen molar-refractivity contribution < 1.29 is 9.90 Å². The number of likely N-dealkylation sites (tertiary alicyclic amines) is 1. The first-order valence-electron chi connectivity index (χ1n) is 11.7. The van der Waals surface area contributed by atoms with E-state index in [1.165, 1.54) is 10.9 Å². The second kappa shape index (κ2) is 15.5. The van der Waals surface area contributed by atoms with Gasteiger partial charge in [0.25, 0.3) is 0 Å². The van der Waals surface area contributed by atoms with E-state index in [-0.39, 0.29) is 55.5 Å². The molecule has 1 aromatic carbocycles. The fraction of sp³-hybridized carbons (Fsp3) is 0.625. The number of piperidine rings is 1. The van der Waals surface area contributed by atoms with E-state index in [0.29, 0.717) is 11.1 Å². The maximum absolute atomic E-state index is 11.8. The number of piperazine rings is 1. The monoisotopic (exact) mass is 571 g/mol. The second-order valence-corrected chi connectivity index (χ2v) is 9.59. The molecule has 0 aliphatic carbocycles. The van der Waals surface area contributed by atoms with Crippen LogP contribution in [0, 0.1) is 5.92 Å². The summed E-state index contributed by atoms with van der Waals surface area (Å²) in [7, 11) is 4.26. The highest BCUT2D eigenvalue weighted by molar-refractivity contribution is 5.86. The topological polar surface area (TPSA) is 54.8 Å². The maximum atomic E-state index is 11.8. The molecule has 0 saturated carbocycles. The normalized spacial score (nSPS) is 23.0. The lowest BCUT2D eigenvalue weighted by atomic mass is 9.97. The molecule has 0 bridgehead atoms. The number of carboxylic acids is 1. The molecule has 2 aliphatic rings. The van der Waals surface area contributed by atoms with Crippen LogP contribution < -0.4 is 9.70 Å². The molecule has 2 saturated heterocycles. The van der Waals surface area contributed by atoms with Gasteiger partial charge in [-0.25, -0.2) is 4.59 Å². The Balaban J connectivity index is 0.00000289. The summed E-state index contributed by atoms with van der Waals surface area (Å²) in [5.74, 6) is -1.27. The van der Waals surface area contributed by atoms with Gasteiger partial charge < -0.3 is 14.8 Å². The quantitative estimate of drug-likeness (QED) is 0.454. The van der Waals surface area contributed by atoms with Crippen LogP contribution in [-0.4, -0.2) is 105 Å². The Bertz CT molecular complexity index is 892. The Hall–Kier alpha value is -0.770. The minimum atomic E-state index is -0.895. The molecule has 3 heterocycles. The van der Waals surface area contributed by atoms with Crippen LogP contribution in [0.2, 0.25) is 0 Å². The Morgan fingerprint density at radius 2 is 1.63 bits per heavy atom. The number of hydrogen-bond acceptors (Lipinski definition) is 5. The molecule has 7 nitrogen and oxygen atoms in total. The van der Waals surface area contributed by atoms with Crippen molar-refractivity contribution in [1.82, 2.24) is 24.0 Å². The molecule has 202 valence electrons. The van der Waals surface area contributed by atoms with Crippen molar-refractivity contribution in [3.8, 4) is 0 Å². The molecule has 0 radical (unpaired) electrons. The summed E-state index contributed by atoms with van der Waals surface area (Å²) in [6.07, 6.45) is 3.80. The number of aromatic nitrogens is 1. The zero-order valence-electron chi connectivity index (χ0n) is 20.7. The van der Waals surface area contributed by atoms with Crippen LogP contribution in [-0.2, 0) is 4.79 Å². The molecular formula is C24H41Cl4N5O2. The summed E-state index contributed by atoms with van der Waals surface area (Å²) in [6.45, 7) is 10.1. The van der Waals surface area contributed by atoms with E-state index in [9.17, 15) is 9.90 Å². The van der Waals surface area contributed by atoms with Gasteiger partial charge in [0.2, 0.25) is 0 Å². The van der Waals surface area contributed by atoms with Gasteiger partial charge >= 0.3 is 0 Å². The Morgan fingerprint density at radius 1 is 1.00 bits per heavy atom. The lowest BCUT2D eigenvalue weighted by Crippen LogP contribution is -2.66. The molecular weight excluding hydrogens is 532 g/mol. The Labute approximate surface area is 234 Å². The van der Waals surface area contributed by atoms with E-state index in [2.05, 4.69) is 70.0 Å². The van der Waals surface area contributed by atoms with Crippen LogP contribution >= 0.6 is 49.6 Å². The highest BCUT2D eigenvalue weighted by Gasteiger charge is 2.39. The summed E-state index contributed by atoms with van der Waals surface area (Å²) in [5.41, 5.74) is 1.19. The molecule has 11 heteroatoms. The number of hydrogen-bond donors (Lipinski definition) is 0. The number of fused-ring (bicyclic) bond motifs is 1. The predicted octanol–water partition coefficient (Wildman–Crippen LogP) is 2.11. The molecule has 2 atom stereocenters. The first kappa shape index (κ1) is 34.2. The summed E-state index contributed by atoms with van der Waals surface area (Å²) in [5, 5.41) is 13.0. The number of quaternary nitrogens is 1. The average Bonchev–Trinajstić information content (AvgIpc) is 3.22. The second-order valence-electron chi connectivity index (χ2n) is 9.59. The van der Waals surface area contributed by atoms with Crippen LogP contribution in [0.4, 0.5) is 0 Å². The number of nitrogens with zero attached hydrogens (tertiary/aromatic N) is 5. The van der Waals surface area contributed by atoms with Crippen molar-refractivity contribution in [2.75, 3.05) is 79.5 Å². The molecule has 0 N–H and O–H groups in total. The smallest absolute Gasteiger partial charge is 0.114 e. The van der Waals surface area contributed by atoms with Gasteiger partial charge in [-0.05, 0) is 39.1 Å².